The topological polar surface area (TPSA) is 32.3 Å². The van der Waals surface area contributed by atoms with Gasteiger partial charge in [0.05, 0.1) is 16.6 Å². The van der Waals surface area contributed by atoms with E-state index in [2.05, 4.69) is 37.2 Å². The van der Waals surface area contributed by atoms with Crippen LogP contribution in [-0.2, 0) is 5.54 Å². The van der Waals surface area contributed by atoms with Crippen molar-refractivity contribution in [2.45, 2.75) is 12.5 Å². The third kappa shape index (κ3) is 3.40. The summed E-state index contributed by atoms with van der Waals surface area (Å²) in [6.45, 7) is 1.76. The quantitative estimate of drug-likeness (QED) is 0.778. The second-order valence-electron chi connectivity index (χ2n) is 4.75. The van der Waals surface area contributed by atoms with Crippen LogP contribution in [0.3, 0.4) is 0 Å². The van der Waals surface area contributed by atoms with Crippen LogP contribution in [0.1, 0.15) is 12.5 Å². The normalized spacial score (nSPS) is 13.8. The number of rotatable bonds is 4. The summed E-state index contributed by atoms with van der Waals surface area (Å²) in [5, 5.41) is 13.0. The third-order valence-electron chi connectivity index (χ3n) is 3.12. The van der Waals surface area contributed by atoms with Gasteiger partial charge in [-0.25, -0.2) is 4.39 Å². The lowest BCUT2D eigenvalue weighted by Gasteiger charge is -2.31. The molecular weight excluding hydrogens is 389 g/mol. The van der Waals surface area contributed by atoms with Crippen LogP contribution < -0.4 is 5.32 Å². The lowest BCUT2D eigenvalue weighted by Crippen LogP contribution is -2.35. The maximum absolute atomic E-state index is 13.3. The predicted molar refractivity (Wildman–Crippen MR) is 86.3 cm³/mol. The Morgan fingerprint density at radius 2 is 1.95 bits per heavy atom. The van der Waals surface area contributed by atoms with Gasteiger partial charge in [-0.2, -0.15) is 0 Å². The Hall–Kier alpha value is -0.910. The Morgan fingerprint density at radius 3 is 2.55 bits per heavy atom. The van der Waals surface area contributed by atoms with Crippen molar-refractivity contribution in [1.82, 2.24) is 0 Å². The van der Waals surface area contributed by atoms with Gasteiger partial charge in [0.1, 0.15) is 5.82 Å². The summed E-state index contributed by atoms with van der Waals surface area (Å²) in [6, 6.07) is 12.4. The fourth-order valence-electron chi connectivity index (χ4n) is 1.93. The van der Waals surface area contributed by atoms with Crippen LogP contribution in [0.2, 0.25) is 0 Å². The molecule has 2 aromatic carbocycles. The summed E-state index contributed by atoms with van der Waals surface area (Å²) >= 11 is 6.58. The number of hydrogen-bond acceptors (Lipinski definition) is 2. The molecule has 1 unspecified atom stereocenters. The number of aliphatic hydroxyl groups is 1. The van der Waals surface area contributed by atoms with E-state index in [1.807, 2.05) is 31.2 Å². The van der Waals surface area contributed by atoms with Crippen LogP contribution in [0.25, 0.3) is 0 Å². The van der Waals surface area contributed by atoms with Gasteiger partial charge in [0, 0.05) is 10.2 Å². The van der Waals surface area contributed by atoms with Gasteiger partial charge < -0.3 is 10.4 Å². The van der Waals surface area contributed by atoms with Crippen molar-refractivity contribution >= 4 is 37.5 Å². The van der Waals surface area contributed by atoms with Crippen LogP contribution in [-0.4, -0.2) is 11.7 Å². The predicted octanol–water partition coefficient (Wildman–Crippen LogP) is 4.67. The van der Waals surface area contributed by atoms with Crippen LogP contribution in [0.15, 0.2) is 51.4 Å². The molecule has 0 aromatic heterocycles. The first-order chi connectivity index (χ1) is 9.44. The number of nitrogens with one attached hydrogen (secondary N) is 1. The highest BCUT2D eigenvalue weighted by Crippen LogP contribution is 2.29. The number of aliphatic hydroxyl groups excluding tert-OH is 1. The van der Waals surface area contributed by atoms with E-state index in [-0.39, 0.29) is 12.4 Å². The molecule has 0 amide bonds. The molecule has 20 heavy (non-hydrogen) atoms. The highest BCUT2D eigenvalue weighted by Gasteiger charge is 2.26. The molecule has 0 fully saturated rings. The molecule has 0 radical (unpaired) electrons. The highest BCUT2D eigenvalue weighted by atomic mass is 79.9. The van der Waals surface area contributed by atoms with Gasteiger partial charge in [0.25, 0.3) is 0 Å². The van der Waals surface area contributed by atoms with Crippen LogP contribution in [0.4, 0.5) is 10.1 Å². The smallest absolute Gasteiger partial charge is 0.137 e. The summed E-state index contributed by atoms with van der Waals surface area (Å²) in [5.41, 5.74) is 0.974. The van der Waals surface area contributed by atoms with E-state index in [1.165, 1.54) is 6.07 Å². The minimum Gasteiger partial charge on any atom is -0.394 e. The second-order valence-corrected chi connectivity index (χ2v) is 6.52. The van der Waals surface area contributed by atoms with E-state index in [1.54, 1.807) is 12.1 Å². The number of hydrogen-bond donors (Lipinski definition) is 2. The monoisotopic (exact) mass is 401 g/mol. The Kier molecular flexibility index (Phi) is 4.83. The summed E-state index contributed by atoms with van der Waals surface area (Å²) in [5.74, 6) is -0.323. The minimum atomic E-state index is -0.697. The zero-order valence-electron chi connectivity index (χ0n) is 10.8. The van der Waals surface area contributed by atoms with Crippen LogP contribution >= 0.6 is 31.9 Å². The molecular formula is C15H14Br2FNO. The van der Waals surface area contributed by atoms with Gasteiger partial charge in [0.15, 0.2) is 0 Å². The van der Waals surface area contributed by atoms with E-state index in [9.17, 15) is 9.50 Å². The first-order valence-corrected chi connectivity index (χ1v) is 7.63. The third-order valence-corrected chi connectivity index (χ3v) is 4.22. The molecule has 0 aliphatic heterocycles. The number of benzene rings is 2. The molecule has 0 aliphatic carbocycles. The molecule has 0 saturated heterocycles. The van der Waals surface area contributed by atoms with Crippen LogP contribution in [0.5, 0.6) is 0 Å². The zero-order chi connectivity index (χ0) is 14.8. The molecule has 0 heterocycles. The molecule has 1 atom stereocenters. The van der Waals surface area contributed by atoms with E-state index in [0.29, 0.717) is 4.47 Å². The van der Waals surface area contributed by atoms with Crippen molar-refractivity contribution in [3.63, 3.8) is 0 Å². The fourth-order valence-corrected chi connectivity index (χ4v) is 2.71. The minimum absolute atomic E-state index is 0.114. The van der Waals surface area contributed by atoms with Gasteiger partial charge in [0.2, 0.25) is 0 Å². The van der Waals surface area contributed by atoms with Crippen molar-refractivity contribution < 1.29 is 9.50 Å². The molecule has 0 aliphatic rings. The molecule has 0 saturated carbocycles. The van der Waals surface area contributed by atoms with Crippen LogP contribution in [0, 0.1) is 5.82 Å². The van der Waals surface area contributed by atoms with Crippen molar-refractivity contribution in [3.8, 4) is 0 Å². The lowest BCUT2D eigenvalue weighted by molar-refractivity contribution is 0.224. The molecule has 106 valence electrons. The fraction of sp³-hybridized carbons (Fsp3) is 0.200. The average molecular weight is 403 g/mol. The molecule has 2 rings (SSSR count). The maximum Gasteiger partial charge on any atom is 0.137 e. The molecule has 2 aromatic rings. The van der Waals surface area contributed by atoms with Gasteiger partial charge >= 0.3 is 0 Å². The molecule has 2 N–H and O–H groups in total. The standard InChI is InChI=1S/C15H14Br2FNO/c1-15(9-20,10-5-6-14(18)13(17)7-10)19-12-4-2-3-11(16)8-12/h2-8,19-20H,9H2,1H3. The van der Waals surface area contributed by atoms with E-state index in [4.69, 9.17) is 0 Å². The first kappa shape index (κ1) is 15.5. The van der Waals surface area contributed by atoms with Crippen molar-refractivity contribution in [2.75, 3.05) is 11.9 Å². The Labute approximate surface area is 134 Å². The Balaban J connectivity index is 2.35. The van der Waals surface area contributed by atoms with Crippen molar-refractivity contribution in [2.24, 2.45) is 0 Å². The molecule has 5 heteroatoms. The number of halogens is 3. The van der Waals surface area contributed by atoms with E-state index >= 15 is 0 Å². The van der Waals surface area contributed by atoms with E-state index in [0.717, 1.165) is 15.7 Å². The number of anilines is 1. The molecule has 2 nitrogen and oxygen atoms in total. The van der Waals surface area contributed by atoms with Crippen molar-refractivity contribution in [1.29, 1.82) is 0 Å². The molecule has 0 bridgehead atoms. The SMILES string of the molecule is CC(CO)(Nc1cccc(Br)c1)c1ccc(F)c(Br)c1. The summed E-state index contributed by atoms with van der Waals surface area (Å²) < 4.78 is 14.7. The Bertz CT molecular complexity index is 621. The maximum atomic E-state index is 13.3. The average Bonchev–Trinajstić information content (AvgIpc) is 2.41. The van der Waals surface area contributed by atoms with Gasteiger partial charge in [-0.1, -0.05) is 28.1 Å². The largest absolute Gasteiger partial charge is 0.394 e. The van der Waals surface area contributed by atoms with Gasteiger partial charge in [-0.3, -0.25) is 0 Å². The Morgan fingerprint density at radius 1 is 1.20 bits per heavy atom. The summed E-state index contributed by atoms with van der Waals surface area (Å²) in [6.07, 6.45) is 0. The van der Waals surface area contributed by atoms with Gasteiger partial charge in [-0.15, -0.1) is 0 Å². The first-order valence-electron chi connectivity index (χ1n) is 6.05. The zero-order valence-corrected chi connectivity index (χ0v) is 14.0. The summed E-state index contributed by atoms with van der Waals surface area (Å²) in [7, 11) is 0. The van der Waals surface area contributed by atoms with Crippen molar-refractivity contribution in [3.05, 3.63) is 62.8 Å². The highest BCUT2D eigenvalue weighted by molar-refractivity contribution is 9.10. The van der Waals surface area contributed by atoms with E-state index < -0.39 is 5.54 Å². The lowest BCUT2D eigenvalue weighted by atomic mass is 9.92. The summed E-state index contributed by atoms with van der Waals surface area (Å²) in [4.78, 5) is 0. The second kappa shape index (κ2) is 6.24. The molecule has 0 spiro atoms. The van der Waals surface area contributed by atoms with Gasteiger partial charge in [-0.05, 0) is 58.7 Å².